The molecule has 1 unspecified atom stereocenters. The Labute approximate surface area is 199 Å². The van der Waals surface area contributed by atoms with Crippen LogP contribution in [0.4, 0.5) is 0 Å². The Hall–Kier alpha value is -2.35. The Bertz CT molecular complexity index is 1040. The van der Waals surface area contributed by atoms with E-state index in [9.17, 15) is 9.59 Å². The number of ether oxygens (including phenoxy) is 3. The number of likely N-dealkylation sites (tertiary alicyclic amines) is 1. The predicted molar refractivity (Wildman–Crippen MR) is 127 cm³/mol. The van der Waals surface area contributed by atoms with Crippen LogP contribution in [0.2, 0.25) is 0 Å². The second-order valence-electron chi connectivity index (χ2n) is 9.06. The van der Waals surface area contributed by atoms with Crippen LogP contribution in [0, 0.1) is 6.92 Å². The lowest BCUT2D eigenvalue weighted by Crippen LogP contribution is -2.48. The number of carbonyl (C=O) groups is 2. The molecule has 0 saturated carbocycles. The fourth-order valence-corrected chi connectivity index (χ4v) is 4.67. The SMILES string of the molecule is COc1cc(C(=O)O[C@H](C(=O)NCCN2CCCC(Cl)C2)[C@@]2(C)CO2)c2cccc(C)c2c1. The second kappa shape index (κ2) is 9.87. The highest BCUT2D eigenvalue weighted by atomic mass is 35.5. The van der Waals surface area contributed by atoms with E-state index in [2.05, 4.69) is 10.2 Å². The highest BCUT2D eigenvalue weighted by Crippen LogP contribution is 2.34. The van der Waals surface area contributed by atoms with Crippen molar-refractivity contribution < 1.29 is 23.8 Å². The van der Waals surface area contributed by atoms with Gasteiger partial charge in [-0.3, -0.25) is 4.79 Å². The molecular formula is C25H31ClN2O5. The summed E-state index contributed by atoms with van der Waals surface area (Å²) >= 11 is 6.25. The van der Waals surface area contributed by atoms with Crippen LogP contribution in [-0.4, -0.2) is 73.8 Å². The number of methoxy groups -OCH3 is 1. The van der Waals surface area contributed by atoms with Crippen molar-refractivity contribution in [2.75, 3.05) is 39.9 Å². The Morgan fingerprint density at radius 1 is 1.33 bits per heavy atom. The minimum Gasteiger partial charge on any atom is -0.497 e. The normalized spacial score (nSPS) is 23.7. The summed E-state index contributed by atoms with van der Waals surface area (Å²) in [7, 11) is 1.55. The van der Waals surface area contributed by atoms with E-state index in [-0.39, 0.29) is 11.3 Å². The number of alkyl halides is 1. The van der Waals surface area contributed by atoms with Crippen molar-refractivity contribution >= 4 is 34.2 Å². The smallest absolute Gasteiger partial charge is 0.339 e. The fourth-order valence-electron chi connectivity index (χ4n) is 4.32. The summed E-state index contributed by atoms with van der Waals surface area (Å²) in [5, 5.41) is 4.72. The van der Waals surface area contributed by atoms with Crippen LogP contribution in [0.1, 0.15) is 35.7 Å². The second-order valence-corrected chi connectivity index (χ2v) is 9.68. The number of aryl methyl sites for hydroxylation is 1. The fraction of sp³-hybridized carbons (Fsp3) is 0.520. The van der Waals surface area contributed by atoms with Crippen molar-refractivity contribution in [1.82, 2.24) is 10.2 Å². The number of hydrogen-bond donors (Lipinski definition) is 1. The number of piperidine rings is 1. The Morgan fingerprint density at radius 3 is 2.82 bits per heavy atom. The zero-order valence-electron chi connectivity index (χ0n) is 19.4. The van der Waals surface area contributed by atoms with Crippen LogP contribution in [-0.2, 0) is 14.3 Å². The van der Waals surface area contributed by atoms with Crippen molar-refractivity contribution in [3.05, 3.63) is 41.5 Å². The van der Waals surface area contributed by atoms with Gasteiger partial charge in [0, 0.05) is 25.0 Å². The molecule has 0 aromatic heterocycles. The molecule has 1 N–H and O–H groups in total. The Morgan fingerprint density at radius 2 is 2.12 bits per heavy atom. The molecule has 1 amide bonds. The van der Waals surface area contributed by atoms with E-state index in [1.165, 1.54) is 0 Å². The lowest BCUT2D eigenvalue weighted by molar-refractivity contribution is -0.133. The molecule has 2 fully saturated rings. The van der Waals surface area contributed by atoms with Crippen LogP contribution in [0.15, 0.2) is 30.3 Å². The molecule has 2 heterocycles. The summed E-state index contributed by atoms with van der Waals surface area (Å²) < 4.78 is 16.6. The van der Waals surface area contributed by atoms with Gasteiger partial charge >= 0.3 is 5.97 Å². The number of epoxide rings is 1. The molecule has 4 rings (SSSR count). The average molecular weight is 475 g/mol. The summed E-state index contributed by atoms with van der Waals surface area (Å²) in [6.45, 7) is 7.05. The molecule has 0 aliphatic carbocycles. The number of esters is 1. The number of carbonyl (C=O) groups excluding carboxylic acids is 2. The number of benzene rings is 2. The predicted octanol–water partition coefficient (Wildman–Crippen LogP) is 3.29. The largest absolute Gasteiger partial charge is 0.497 e. The highest BCUT2D eigenvalue weighted by Gasteiger charge is 2.53. The lowest BCUT2D eigenvalue weighted by atomic mass is 10.00. The number of nitrogens with one attached hydrogen (secondary N) is 1. The van der Waals surface area contributed by atoms with Crippen molar-refractivity contribution in [2.24, 2.45) is 0 Å². The minimum absolute atomic E-state index is 0.156. The van der Waals surface area contributed by atoms with Gasteiger partial charge in [0.05, 0.1) is 19.3 Å². The number of rotatable bonds is 8. The number of hydrogen-bond acceptors (Lipinski definition) is 6. The summed E-state index contributed by atoms with van der Waals surface area (Å²) in [6.07, 6.45) is 1.04. The Balaban J connectivity index is 1.47. The van der Waals surface area contributed by atoms with Gasteiger partial charge in [0.1, 0.15) is 11.4 Å². The number of halogens is 1. The zero-order chi connectivity index (χ0) is 23.6. The van der Waals surface area contributed by atoms with E-state index in [1.807, 2.05) is 31.2 Å². The molecule has 7 nitrogen and oxygen atoms in total. The maximum absolute atomic E-state index is 13.2. The van der Waals surface area contributed by atoms with Crippen LogP contribution in [0.25, 0.3) is 10.8 Å². The minimum atomic E-state index is -1.04. The van der Waals surface area contributed by atoms with Crippen molar-refractivity contribution in [3.63, 3.8) is 0 Å². The molecule has 0 spiro atoms. The van der Waals surface area contributed by atoms with E-state index in [1.54, 1.807) is 20.1 Å². The van der Waals surface area contributed by atoms with E-state index < -0.39 is 17.7 Å². The van der Waals surface area contributed by atoms with Crippen LogP contribution < -0.4 is 10.1 Å². The first kappa shape index (κ1) is 23.8. The van der Waals surface area contributed by atoms with Gasteiger partial charge in [0.25, 0.3) is 5.91 Å². The highest BCUT2D eigenvalue weighted by molar-refractivity contribution is 6.20. The van der Waals surface area contributed by atoms with Gasteiger partial charge in [0.2, 0.25) is 6.10 Å². The zero-order valence-corrected chi connectivity index (χ0v) is 20.1. The molecule has 0 radical (unpaired) electrons. The van der Waals surface area contributed by atoms with Gasteiger partial charge < -0.3 is 24.4 Å². The first-order chi connectivity index (χ1) is 15.8. The maximum Gasteiger partial charge on any atom is 0.339 e. The molecule has 2 aromatic rings. The number of amides is 1. The third-order valence-corrected chi connectivity index (χ3v) is 6.79. The van der Waals surface area contributed by atoms with Gasteiger partial charge in [-0.15, -0.1) is 11.6 Å². The molecule has 2 aromatic carbocycles. The molecule has 8 heteroatoms. The lowest BCUT2D eigenvalue weighted by Gasteiger charge is -2.30. The molecule has 0 bridgehead atoms. The van der Waals surface area contributed by atoms with E-state index in [0.717, 1.165) is 42.3 Å². The quantitative estimate of drug-likeness (QED) is 0.359. The Kier molecular flexibility index (Phi) is 7.12. The summed E-state index contributed by atoms with van der Waals surface area (Å²) in [4.78, 5) is 28.5. The third kappa shape index (κ3) is 5.42. The van der Waals surface area contributed by atoms with Gasteiger partial charge in [-0.1, -0.05) is 18.2 Å². The van der Waals surface area contributed by atoms with Crippen molar-refractivity contribution in [3.8, 4) is 5.75 Å². The molecule has 2 aliphatic rings. The molecule has 3 atom stereocenters. The molecule has 33 heavy (non-hydrogen) atoms. The number of nitrogens with zero attached hydrogens (tertiary/aromatic N) is 1. The summed E-state index contributed by atoms with van der Waals surface area (Å²) in [5.41, 5.74) is 0.553. The third-order valence-electron chi connectivity index (χ3n) is 6.44. The number of fused-ring (bicyclic) bond motifs is 1. The first-order valence-electron chi connectivity index (χ1n) is 11.4. The molecule has 2 saturated heterocycles. The standard InChI is InChI=1S/C25H31ClN2O5/c1-16-6-4-8-19-20(16)12-18(31-3)13-21(19)24(30)33-22(25(2)15-32-25)23(29)27-9-11-28-10-5-7-17(26)14-28/h4,6,8,12-13,17,22H,5,7,9-11,14-15H2,1-3H3,(H,27,29)/t17?,22-,25-/m1/s1. The maximum atomic E-state index is 13.2. The van der Waals surface area contributed by atoms with Crippen LogP contribution >= 0.6 is 11.6 Å². The summed E-state index contributed by atoms with van der Waals surface area (Å²) in [6, 6.07) is 9.27. The van der Waals surface area contributed by atoms with E-state index in [0.29, 0.717) is 31.0 Å². The monoisotopic (exact) mass is 474 g/mol. The topological polar surface area (TPSA) is 80.4 Å². The van der Waals surface area contributed by atoms with Gasteiger partial charge in [0.15, 0.2) is 0 Å². The van der Waals surface area contributed by atoms with E-state index in [4.69, 9.17) is 25.8 Å². The van der Waals surface area contributed by atoms with Crippen molar-refractivity contribution in [2.45, 2.75) is 43.8 Å². The van der Waals surface area contributed by atoms with Gasteiger partial charge in [-0.05, 0) is 61.7 Å². The molecular weight excluding hydrogens is 444 g/mol. The molecule has 2 aliphatic heterocycles. The summed E-state index contributed by atoms with van der Waals surface area (Å²) in [5.74, 6) is -0.383. The first-order valence-corrected chi connectivity index (χ1v) is 11.8. The van der Waals surface area contributed by atoms with Crippen molar-refractivity contribution in [1.29, 1.82) is 0 Å². The van der Waals surface area contributed by atoms with Crippen LogP contribution in [0.3, 0.4) is 0 Å². The molecule has 178 valence electrons. The van der Waals surface area contributed by atoms with Gasteiger partial charge in [-0.2, -0.15) is 0 Å². The van der Waals surface area contributed by atoms with E-state index >= 15 is 0 Å². The van der Waals surface area contributed by atoms with Crippen LogP contribution in [0.5, 0.6) is 5.75 Å². The van der Waals surface area contributed by atoms with Gasteiger partial charge in [-0.25, -0.2) is 4.79 Å². The average Bonchev–Trinajstić information content (AvgIpc) is 3.55.